The highest BCUT2D eigenvalue weighted by molar-refractivity contribution is 6.10. The molecule has 0 amide bonds. The number of hydrogen-bond donors (Lipinski definition) is 0. The lowest BCUT2D eigenvalue weighted by molar-refractivity contribution is 1.21. The summed E-state index contributed by atoms with van der Waals surface area (Å²) in [4.78, 5) is 8.17. The van der Waals surface area contributed by atoms with E-state index in [1.807, 2.05) is 13.0 Å². The molecule has 0 N–H and O–H groups in total. The van der Waals surface area contributed by atoms with Crippen molar-refractivity contribution in [3.05, 3.63) is 24.2 Å². The van der Waals surface area contributed by atoms with E-state index in [1.54, 1.807) is 12.5 Å². The highest BCUT2D eigenvalue weighted by Crippen LogP contribution is 2.11. The zero-order valence-electron chi connectivity index (χ0n) is 6.15. The topological polar surface area (TPSA) is 30.7 Å². The molecule has 4 heteroatoms. The van der Waals surface area contributed by atoms with Crippen LogP contribution in [0, 0.1) is 6.92 Å². The standard InChI is InChI=1S/C7H6BN3/c1-5-2-3-9-7-6(5)10-4-11(7)8/h2-4H,1H3. The minimum absolute atomic E-state index is 0.727. The predicted octanol–water partition coefficient (Wildman–Crippen LogP) is 0.671. The quantitative estimate of drug-likeness (QED) is 0.507. The number of hydrogen-bond acceptors (Lipinski definition) is 2. The smallest absolute Gasteiger partial charge is 0.238 e. The van der Waals surface area contributed by atoms with E-state index in [2.05, 4.69) is 9.97 Å². The fourth-order valence-corrected chi connectivity index (χ4v) is 1.06. The van der Waals surface area contributed by atoms with Crippen molar-refractivity contribution < 1.29 is 0 Å². The van der Waals surface area contributed by atoms with Crippen LogP contribution in [-0.2, 0) is 0 Å². The van der Waals surface area contributed by atoms with Crippen LogP contribution < -0.4 is 0 Å². The third-order valence-electron chi connectivity index (χ3n) is 1.66. The van der Waals surface area contributed by atoms with E-state index < -0.39 is 0 Å². The van der Waals surface area contributed by atoms with Gasteiger partial charge in [-0.15, -0.1) is 0 Å². The summed E-state index contributed by atoms with van der Waals surface area (Å²) in [5.41, 5.74) is 2.69. The molecule has 0 saturated carbocycles. The molecule has 2 aromatic rings. The molecule has 0 aromatic carbocycles. The van der Waals surface area contributed by atoms with E-state index in [1.165, 1.54) is 4.48 Å². The van der Waals surface area contributed by atoms with Crippen molar-refractivity contribution in [2.24, 2.45) is 0 Å². The van der Waals surface area contributed by atoms with Gasteiger partial charge in [0.1, 0.15) is 11.2 Å². The minimum atomic E-state index is 0.727. The number of aromatic nitrogens is 3. The van der Waals surface area contributed by atoms with Crippen molar-refractivity contribution >= 4 is 19.1 Å². The zero-order chi connectivity index (χ0) is 7.84. The average molecular weight is 143 g/mol. The van der Waals surface area contributed by atoms with Gasteiger partial charge in [0.05, 0.1) is 6.33 Å². The summed E-state index contributed by atoms with van der Waals surface area (Å²) in [6, 6.07) is 1.91. The molecule has 0 aliphatic rings. The molecule has 0 bridgehead atoms. The molecule has 3 nitrogen and oxygen atoms in total. The summed E-state index contributed by atoms with van der Waals surface area (Å²) in [6.07, 6.45) is 3.29. The molecule has 0 spiro atoms. The van der Waals surface area contributed by atoms with Crippen LogP contribution in [0.2, 0.25) is 0 Å². The second-order valence-corrected chi connectivity index (χ2v) is 2.45. The normalized spacial score (nSPS) is 10.6. The van der Waals surface area contributed by atoms with Gasteiger partial charge in [0.15, 0.2) is 0 Å². The molecule has 0 atom stereocenters. The first-order valence-electron chi connectivity index (χ1n) is 3.33. The predicted molar refractivity (Wildman–Crippen MR) is 43.4 cm³/mol. The van der Waals surface area contributed by atoms with E-state index in [9.17, 15) is 0 Å². The number of aryl methyl sites for hydroxylation is 1. The van der Waals surface area contributed by atoms with Crippen molar-refractivity contribution in [2.75, 3.05) is 0 Å². The Kier molecular flexibility index (Phi) is 1.21. The largest absolute Gasteiger partial charge is 0.372 e. The van der Waals surface area contributed by atoms with E-state index in [-0.39, 0.29) is 0 Å². The van der Waals surface area contributed by atoms with E-state index in [0.29, 0.717) is 0 Å². The lowest BCUT2D eigenvalue weighted by Gasteiger charge is -1.93. The molecule has 0 aliphatic carbocycles. The van der Waals surface area contributed by atoms with Gasteiger partial charge in [-0.1, -0.05) is 0 Å². The maximum absolute atomic E-state index is 5.54. The number of pyridine rings is 1. The Morgan fingerprint density at radius 3 is 3.00 bits per heavy atom. The van der Waals surface area contributed by atoms with Crippen LogP contribution >= 0.6 is 0 Å². The monoisotopic (exact) mass is 143 g/mol. The summed E-state index contributed by atoms with van der Waals surface area (Å²) in [5, 5.41) is 0. The molecule has 2 rings (SSSR count). The summed E-state index contributed by atoms with van der Waals surface area (Å²) in [7, 11) is 5.54. The summed E-state index contributed by atoms with van der Waals surface area (Å²) in [6.45, 7) is 1.98. The van der Waals surface area contributed by atoms with E-state index in [0.717, 1.165) is 16.7 Å². The second kappa shape index (κ2) is 2.08. The SMILES string of the molecule is [B]n1cnc2c(C)ccnc21. The number of rotatable bonds is 0. The van der Waals surface area contributed by atoms with E-state index in [4.69, 9.17) is 7.98 Å². The van der Waals surface area contributed by atoms with Crippen molar-refractivity contribution in [1.29, 1.82) is 0 Å². The van der Waals surface area contributed by atoms with Gasteiger partial charge in [-0.3, -0.25) is 0 Å². The molecule has 2 aromatic heterocycles. The Morgan fingerprint density at radius 1 is 1.45 bits per heavy atom. The third-order valence-corrected chi connectivity index (χ3v) is 1.66. The molecule has 0 saturated heterocycles. The number of nitrogens with zero attached hydrogens (tertiary/aromatic N) is 3. The molecule has 0 aliphatic heterocycles. The number of imidazole rings is 1. The van der Waals surface area contributed by atoms with Crippen LogP contribution in [0.3, 0.4) is 0 Å². The van der Waals surface area contributed by atoms with Gasteiger partial charge >= 0.3 is 0 Å². The summed E-state index contributed by atoms with van der Waals surface area (Å²) in [5.74, 6) is 0. The van der Waals surface area contributed by atoms with Crippen LogP contribution in [-0.4, -0.2) is 22.4 Å². The van der Waals surface area contributed by atoms with Gasteiger partial charge in [-0.2, -0.15) is 0 Å². The van der Waals surface area contributed by atoms with Gasteiger partial charge in [0.2, 0.25) is 7.98 Å². The van der Waals surface area contributed by atoms with Gasteiger partial charge in [-0.25, -0.2) is 9.97 Å². The highest BCUT2D eigenvalue weighted by atomic mass is 15.0. The average Bonchev–Trinajstić information content (AvgIpc) is 2.35. The molecule has 11 heavy (non-hydrogen) atoms. The second-order valence-electron chi connectivity index (χ2n) is 2.45. The molecule has 2 heterocycles. The molecule has 0 fully saturated rings. The van der Waals surface area contributed by atoms with Gasteiger partial charge in [0.25, 0.3) is 0 Å². The van der Waals surface area contributed by atoms with Crippen molar-refractivity contribution in [2.45, 2.75) is 6.92 Å². The highest BCUT2D eigenvalue weighted by Gasteiger charge is 2.00. The zero-order valence-corrected chi connectivity index (χ0v) is 6.15. The van der Waals surface area contributed by atoms with Gasteiger partial charge < -0.3 is 4.48 Å². The Hall–Kier alpha value is -1.32. The fraction of sp³-hybridized carbons (Fsp3) is 0.143. The minimum Gasteiger partial charge on any atom is -0.372 e. The van der Waals surface area contributed by atoms with Gasteiger partial charge in [0, 0.05) is 6.20 Å². The maximum Gasteiger partial charge on any atom is 0.238 e. The van der Waals surface area contributed by atoms with Crippen LogP contribution in [0.5, 0.6) is 0 Å². The Morgan fingerprint density at radius 2 is 2.27 bits per heavy atom. The Bertz CT molecular complexity index is 393. The molecule has 0 unspecified atom stereocenters. The van der Waals surface area contributed by atoms with Crippen LogP contribution in [0.15, 0.2) is 18.6 Å². The molecular formula is C7H6BN3. The molecule has 2 radical (unpaired) electrons. The first-order chi connectivity index (χ1) is 5.29. The third kappa shape index (κ3) is 0.825. The Labute approximate surface area is 65.5 Å². The van der Waals surface area contributed by atoms with Crippen LogP contribution in [0.25, 0.3) is 11.2 Å². The first kappa shape index (κ1) is 6.40. The van der Waals surface area contributed by atoms with Crippen LogP contribution in [0.1, 0.15) is 5.56 Å². The first-order valence-corrected chi connectivity index (χ1v) is 3.33. The lowest BCUT2D eigenvalue weighted by atomic mass is 10.2. The van der Waals surface area contributed by atoms with Crippen LogP contribution in [0.4, 0.5) is 0 Å². The van der Waals surface area contributed by atoms with Gasteiger partial charge in [-0.05, 0) is 18.6 Å². The molecular weight excluding hydrogens is 137 g/mol. The Balaban J connectivity index is 2.94. The summed E-state index contributed by atoms with van der Waals surface area (Å²) >= 11 is 0. The summed E-state index contributed by atoms with van der Waals surface area (Å²) < 4.78 is 1.42. The fourth-order valence-electron chi connectivity index (χ4n) is 1.06. The lowest BCUT2D eigenvalue weighted by Crippen LogP contribution is -1.90. The maximum atomic E-state index is 5.54. The van der Waals surface area contributed by atoms with Crippen molar-refractivity contribution in [3.8, 4) is 0 Å². The number of fused-ring (bicyclic) bond motifs is 1. The molecule has 52 valence electrons. The van der Waals surface area contributed by atoms with Crippen molar-refractivity contribution in [1.82, 2.24) is 14.4 Å². The van der Waals surface area contributed by atoms with E-state index >= 15 is 0 Å². The van der Waals surface area contributed by atoms with Crippen molar-refractivity contribution in [3.63, 3.8) is 0 Å².